The van der Waals surface area contributed by atoms with Crippen LogP contribution in [0.15, 0.2) is 30.3 Å². The van der Waals surface area contributed by atoms with Gasteiger partial charge in [0.1, 0.15) is 6.04 Å². The quantitative estimate of drug-likeness (QED) is 0.611. The van der Waals surface area contributed by atoms with E-state index in [1.165, 1.54) is 7.11 Å². The lowest BCUT2D eigenvalue weighted by Crippen LogP contribution is -2.38. The summed E-state index contributed by atoms with van der Waals surface area (Å²) in [5.41, 5.74) is 0.557. The van der Waals surface area contributed by atoms with Gasteiger partial charge in [0.15, 0.2) is 0 Å². The van der Waals surface area contributed by atoms with Gasteiger partial charge in [0.25, 0.3) is 0 Å². The molecule has 1 aromatic rings. The Morgan fingerprint density at radius 3 is 2.47 bits per heavy atom. The van der Waals surface area contributed by atoms with Crippen LogP contribution in [0.25, 0.3) is 0 Å². The molecule has 1 rings (SSSR count). The third-order valence-electron chi connectivity index (χ3n) is 1.91. The van der Waals surface area contributed by atoms with E-state index >= 15 is 0 Å². The lowest BCUT2D eigenvalue weighted by atomic mass is 10.1. The average Bonchev–Trinajstić information content (AvgIpc) is 2.26. The Morgan fingerprint density at radius 2 is 2.00 bits per heavy atom. The summed E-state index contributed by atoms with van der Waals surface area (Å²) in [5, 5.41) is 20.5. The number of ether oxygens (including phenoxy) is 1. The number of aliphatic hydroxyl groups is 1. The molecule has 5 heteroatoms. The van der Waals surface area contributed by atoms with Gasteiger partial charge in [-0.2, -0.15) is 0 Å². The first-order valence-electron chi connectivity index (χ1n) is 4.40. The molecule has 0 bridgehead atoms. The molecule has 0 fully saturated rings. The number of nitrogens with one attached hydrogen (secondary N) is 1. The van der Waals surface area contributed by atoms with Crippen molar-refractivity contribution in [2.24, 2.45) is 0 Å². The van der Waals surface area contributed by atoms with E-state index in [0.717, 1.165) is 0 Å². The maximum absolute atomic E-state index is 10.9. The summed E-state index contributed by atoms with van der Waals surface area (Å²) in [6, 6.07) is 7.58. The van der Waals surface area contributed by atoms with Crippen molar-refractivity contribution in [2.45, 2.75) is 12.5 Å². The lowest BCUT2D eigenvalue weighted by molar-refractivity contribution is -0.147. The summed E-state index contributed by atoms with van der Waals surface area (Å²) in [7, 11) is 1.28. The summed E-state index contributed by atoms with van der Waals surface area (Å²) in [5.74, 6) is -1.07. The van der Waals surface area contributed by atoms with E-state index in [4.69, 9.17) is 10.2 Å². The molecule has 0 amide bonds. The van der Waals surface area contributed by atoms with Crippen LogP contribution >= 0.6 is 0 Å². The molecule has 1 aromatic carbocycles. The van der Waals surface area contributed by atoms with Gasteiger partial charge in [-0.25, -0.2) is 0 Å². The van der Waals surface area contributed by atoms with Crippen molar-refractivity contribution in [3.63, 3.8) is 0 Å². The Bertz CT molecular complexity index is 314. The minimum Gasteiger partial charge on any atom is -0.480 e. The number of hydrogen-bond acceptors (Lipinski definition) is 4. The van der Waals surface area contributed by atoms with Crippen LogP contribution in [0.3, 0.4) is 0 Å². The molecule has 15 heavy (non-hydrogen) atoms. The zero-order valence-corrected chi connectivity index (χ0v) is 8.25. The highest BCUT2D eigenvalue weighted by Gasteiger charge is 2.21. The van der Waals surface area contributed by atoms with Gasteiger partial charge in [0, 0.05) is 7.11 Å². The fourth-order valence-electron chi connectivity index (χ4n) is 1.17. The number of benzene rings is 1. The molecule has 0 aromatic heterocycles. The lowest BCUT2D eigenvalue weighted by Gasteiger charge is -2.18. The van der Waals surface area contributed by atoms with Gasteiger partial charge in [-0.1, -0.05) is 30.3 Å². The number of aliphatic hydroxyl groups excluding tert-OH is 1. The molecule has 2 unspecified atom stereocenters. The van der Waals surface area contributed by atoms with Gasteiger partial charge in [-0.05, 0) is 5.56 Å². The monoisotopic (exact) mass is 211 g/mol. The second-order valence-corrected chi connectivity index (χ2v) is 2.94. The van der Waals surface area contributed by atoms with Crippen molar-refractivity contribution in [2.75, 3.05) is 7.11 Å². The Hall–Kier alpha value is -1.43. The van der Waals surface area contributed by atoms with Gasteiger partial charge in [-0.3, -0.25) is 10.1 Å². The molecule has 0 radical (unpaired) electrons. The van der Waals surface area contributed by atoms with Crippen molar-refractivity contribution in [1.82, 2.24) is 5.32 Å². The number of carbonyl (C=O) groups is 1. The van der Waals surface area contributed by atoms with E-state index in [-0.39, 0.29) is 0 Å². The Balaban J connectivity index is 2.80. The van der Waals surface area contributed by atoms with Crippen molar-refractivity contribution < 1.29 is 19.7 Å². The molecule has 0 saturated heterocycles. The largest absolute Gasteiger partial charge is 0.480 e. The topological polar surface area (TPSA) is 78.8 Å². The molecule has 0 spiro atoms. The van der Waals surface area contributed by atoms with E-state index in [1.54, 1.807) is 30.3 Å². The standard InChI is InChI=1S/C10H13NO4/c1-15-10(14)11-8(9(12)13)7-5-3-2-4-6-7/h2-6,8,10-11,14H,1H3,(H,12,13). The minimum atomic E-state index is -1.30. The Kier molecular flexibility index (Phi) is 4.23. The molecule has 0 saturated carbocycles. The van der Waals surface area contributed by atoms with Gasteiger partial charge in [0.05, 0.1) is 0 Å². The third kappa shape index (κ3) is 3.32. The van der Waals surface area contributed by atoms with Crippen LogP contribution in [0.4, 0.5) is 0 Å². The van der Waals surface area contributed by atoms with Gasteiger partial charge in [0.2, 0.25) is 6.41 Å². The molecular weight excluding hydrogens is 198 g/mol. The third-order valence-corrected chi connectivity index (χ3v) is 1.91. The van der Waals surface area contributed by atoms with Crippen molar-refractivity contribution >= 4 is 5.97 Å². The van der Waals surface area contributed by atoms with E-state index in [1.807, 2.05) is 0 Å². The Morgan fingerprint density at radius 1 is 1.40 bits per heavy atom. The molecule has 82 valence electrons. The summed E-state index contributed by atoms with van der Waals surface area (Å²) in [6.07, 6.45) is -1.30. The van der Waals surface area contributed by atoms with E-state index in [2.05, 4.69) is 10.1 Å². The molecule has 5 nitrogen and oxygen atoms in total. The van der Waals surface area contributed by atoms with Crippen LogP contribution in [0.2, 0.25) is 0 Å². The summed E-state index contributed by atoms with van der Waals surface area (Å²) < 4.78 is 4.53. The van der Waals surface area contributed by atoms with Crippen LogP contribution in [0.1, 0.15) is 11.6 Å². The summed E-state index contributed by atoms with van der Waals surface area (Å²) >= 11 is 0. The zero-order valence-electron chi connectivity index (χ0n) is 8.25. The maximum Gasteiger partial charge on any atom is 0.325 e. The van der Waals surface area contributed by atoms with Crippen LogP contribution in [0, 0.1) is 0 Å². The number of rotatable bonds is 5. The zero-order chi connectivity index (χ0) is 11.3. The molecule has 0 heterocycles. The van der Waals surface area contributed by atoms with Crippen LogP contribution < -0.4 is 5.32 Å². The van der Waals surface area contributed by atoms with Crippen LogP contribution in [-0.2, 0) is 9.53 Å². The fourth-order valence-corrected chi connectivity index (χ4v) is 1.17. The molecule has 3 N–H and O–H groups in total. The van der Waals surface area contributed by atoms with E-state index < -0.39 is 18.4 Å². The molecule has 0 aliphatic carbocycles. The van der Waals surface area contributed by atoms with Crippen LogP contribution in [0.5, 0.6) is 0 Å². The molecular formula is C10H13NO4. The smallest absolute Gasteiger partial charge is 0.325 e. The van der Waals surface area contributed by atoms with E-state index in [9.17, 15) is 4.79 Å². The maximum atomic E-state index is 10.9. The first kappa shape index (κ1) is 11.6. The number of methoxy groups -OCH3 is 1. The minimum absolute atomic E-state index is 0.557. The first-order valence-corrected chi connectivity index (χ1v) is 4.40. The SMILES string of the molecule is COC(O)NC(C(=O)O)c1ccccc1. The molecule has 0 aliphatic rings. The second kappa shape index (κ2) is 5.45. The van der Waals surface area contributed by atoms with E-state index in [0.29, 0.717) is 5.56 Å². The van der Waals surface area contributed by atoms with Crippen molar-refractivity contribution in [3.8, 4) is 0 Å². The van der Waals surface area contributed by atoms with Gasteiger partial charge in [-0.15, -0.1) is 0 Å². The highest BCUT2D eigenvalue weighted by atomic mass is 16.6. The predicted octanol–water partition coefficient (Wildman–Crippen LogP) is 0.324. The van der Waals surface area contributed by atoms with Gasteiger partial charge < -0.3 is 14.9 Å². The molecule has 0 aliphatic heterocycles. The predicted molar refractivity (Wildman–Crippen MR) is 53.0 cm³/mol. The summed E-state index contributed by atoms with van der Waals surface area (Å²) in [4.78, 5) is 10.9. The highest BCUT2D eigenvalue weighted by Crippen LogP contribution is 2.12. The normalized spacial score (nSPS) is 14.5. The second-order valence-electron chi connectivity index (χ2n) is 2.94. The first-order chi connectivity index (χ1) is 7.15. The van der Waals surface area contributed by atoms with Crippen molar-refractivity contribution in [3.05, 3.63) is 35.9 Å². The van der Waals surface area contributed by atoms with Gasteiger partial charge >= 0.3 is 5.97 Å². The summed E-state index contributed by atoms with van der Waals surface area (Å²) in [6.45, 7) is 0. The van der Waals surface area contributed by atoms with Crippen molar-refractivity contribution in [1.29, 1.82) is 0 Å². The van der Waals surface area contributed by atoms with Crippen LogP contribution in [-0.4, -0.2) is 29.7 Å². The Labute approximate surface area is 87.3 Å². The molecule has 2 atom stereocenters. The fraction of sp³-hybridized carbons (Fsp3) is 0.300. The number of carboxylic acids is 1. The number of carboxylic acid groups (broad SMARTS) is 1. The highest BCUT2D eigenvalue weighted by molar-refractivity contribution is 5.75. The average molecular weight is 211 g/mol. The number of hydrogen-bond donors (Lipinski definition) is 3. The number of aliphatic carboxylic acids is 1.